The van der Waals surface area contributed by atoms with Gasteiger partial charge in [0.25, 0.3) is 0 Å². The normalized spacial score (nSPS) is 11.4. The van der Waals surface area contributed by atoms with E-state index in [2.05, 4.69) is 20.7 Å². The molecule has 270 valence electrons. The first kappa shape index (κ1) is 44.4. The smallest absolute Gasteiger partial charge is 0.331 e. The molecule has 16 heteroatoms. The molecule has 0 aromatic carbocycles. The predicted molar refractivity (Wildman–Crippen MR) is 166 cm³/mol. The molecule has 0 radical (unpaired) electrons. The molecule has 15 nitrogen and oxygen atoms in total. The van der Waals surface area contributed by atoms with Crippen LogP contribution in [0.5, 0.6) is 0 Å². The summed E-state index contributed by atoms with van der Waals surface area (Å²) in [7, 11) is 1.31. The molecule has 0 aliphatic rings. The average molecular weight is 726 g/mol. The Morgan fingerprint density at radius 1 is 0.333 bits per heavy atom. The van der Waals surface area contributed by atoms with Gasteiger partial charge in [-0.2, -0.15) is 0 Å². The van der Waals surface area contributed by atoms with Crippen molar-refractivity contribution < 1.29 is 71.1 Å². The Kier molecular flexibility index (Phi) is 40.9. The number of hydrogen-bond acceptors (Lipinski definition) is 15. The van der Waals surface area contributed by atoms with Gasteiger partial charge in [0, 0.05) is 5.33 Å². The second-order valence-electron chi connectivity index (χ2n) is 8.67. The van der Waals surface area contributed by atoms with Gasteiger partial charge in [0.15, 0.2) is 0 Å². The number of halogens is 1. The highest BCUT2D eigenvalue weighted by Crippen LogP contribution is 1.88. The largest absolute Gasteiger partial charge is 0.467 e. The third-order valence-electron chi connectivity index (χ3n) is 5.13. The molecule has 0 bridgehead atoms. The number of rotatable bonds is 40. The molecule has 0 aliphatic carbocycles. The molecule has 0 aromatic rings. The summed E-state index contributed by atoms with van der Waals surface area (Å²) >= 11 is 3.30. The zero-order valence-corrected chi connectivity index (χ0v) is 28.7. The van der Waals surface area contributed by atoms with Crippen LogP contribution in [0.1, 0.15) is 0 Å². The first-order chi connectivity index (χ1) is 22.3. The molecule has 0 saturated heterocycles. The van der Waals surface area contributed by atoms with Crippen LogP contribution in [0.4, 0.5) is 0 Å². The highest BCUT2D eigenvalue weighted by Gasteiger charge is 1.99. The van der Waals surface area contributed by atoms with Crippen molar-refractivity contribution in [1.82, 2.24) is 0 Å². The minimum Gasteiger partial charge on any atom is -0.467 e. The van der Waals surface area contributed by atoms with E-state index in [4.69, 9.17) is 61.6 Å². The molecule has 0 atom stereocenters. The molecule has 0 N–H and O–H groups in total. The van der Waals surface area contributed by atoms with E-state index in [0.717, 1.165) is 5.33 Å². The van der Waals surface area contributed by atoms with Gasteiger partial charge in [0.2, 0.25) is 0 Å². The van der Waals surface area contributed by atoms with Gasteiger partial charge >= 0.3 is 5.97 Å². The van der Waals surface area contributed by atoms with E-state index < -0.39 is 5.97 Å². The lowest BCUT2D eigenvalue weighted by atomic mass is 10.6. The third-order valence-corrected chi connectivity index (χ3v) is 5.46. The highest BCUT2D eigenvalue weighted by atomic mass is 79.9. The summed E-state index contributed by atoms with van der Waals surface area (Å²) in [5.74, 6) is -0.408. The topological polar surface area (TPSA) is 146 Å². The Balaban J connectivity index is 3.05. The number of esters is 1. The van der Waals surface area contributed by atoms with Crippen LogP contribution < -0.4 is 0 Å². The Morgan fingerprint density at radius 3 is 0.689 bits per heavy atom. The number of carbonyl (C=O) groups excluding carboxylic acids is 1. The van der Waals surface area contributed by atoms with Gasteiger partial charge in [-0.25, -0.2) is 4.79 Å². The van der Waals surface area contributed by atoms with Crippen molar-refractivity contribution in [1.29, 1.82) is 0 Å². The Morgan fingerprint density at radius 2 is 0.511 bits per heavy atom. The second kappa shape index (κ2) is 41.5. The third kappa shape index (κ3) is 41.4. The van der Waals surface area contributed by atoms with Gasteiger partial charge in [0.05, 0.1) is 172 Å². The Hall–Kier alpha value is -0.570. The highest BCUT2D eigenvalue weighted by molar-refractivity contribution is 9.09. The van der Waals surface area contributed by atoms with Crippen LogP contribution in [0.3, 0.4) is 0 Å². The lowest BCUT2D eigenvalue weighted by Crippen LogP contribution is -2.16. The average Bonchev–Trinajstić information content (AvgIpc) is 3.05. The lowest BCUT2D eigenvalue weighted by Gasteiger charge is -2.09. The molecule has 0 saturated carbocycles. The quantitative estimate of drug-likeness (QED) is 0.0498. The van der Waals surface area contributed by atoms with E-state index in [1.165, 1.54) is 7.11 Å². The van der Waals surface area contributed by atoms with Crippen molar-refractivity contribution >= 4 is 21.9 Å². The van der Waals surface area contributed by atoms with Crippen LogP contribution in [0.2, 0.25) is 0 Å². The molecule has 0 spiro atoms. The van der Waals surface area contributed by atoms with Gasteiger partial charge in [-0.15, -0.1) is 0 Å². The minimum absolute atomic E-state index is 0.0710. The fraction of sp³-hybridized carbons (Fsp3) is 0.966. The van der Waals surface area contributed by atoms with Crippen LogP contribution in [-0.2, 0) is 71.1 Å². The number of alkyl halides is 1. The minimum atomic E-state index is -0.408. The van der Waals surface area contributed by atoms with Crippen molar-refractivity contribution in [3.63, 3.8) is 0 Å². The molecule has 0 amide bonds. The van der Waals surface area contributed by atoms with Gasteiger partial charge in [0.1, 0.15) is 6.61 Å². The maximum Gasteiger partial charge on any atom is 0.331 e. The summed E-state index contributed by atoms with van der Waals surface area (Å²) in [5, 5.41) is 0.834. The molecule has 0 rings (SSSR count). The molecule has 45 heavy (non-hydrogen) atoms. The molecule has 0 aromatic heterocycles. The molecule has 0 aliphatic heterocycles. The van der Waals surface area contributed by atoms with Crippen molar-refractivity contribution in [2.24, 2.45) is 0 Å². The van der Waals surface area contributed by atoms with Crippen LogP contribution in [0, 0.1) is 0 Å². The fourth-order valence-electron chi connectivity index (χ4n) is 2.91. The van der Waals surface area contributed by atoms with E-state index in [0.29, 0.717) is 165 Å². The summed E-state index contributed by atoms with van der Waals surface area (Å²) in [6, 6.07) is 0. The van der Waals surface area contributed by atoms with Gasteiger partial charge < -0.3 is 66.3 Å². The van der Waals surface area contributed by atoms with E-state index in [9.17, 15) is 4.79 Å². The van der Waals surface area contributed by atoms with Gasteiger partial charge in [-0.3, -0.25) is 0 Å². The standard InChI is InChI=1S/C29H57BrO15/c1-32-29(31)28-45-27-26-44-25-24-43-23-22-42-21-20-41-19-18-40-17-16-39-15-14-38-13-12-37-11-10-36-9-8-35-7-6-34-5-4-33-3-2-30/h2-28H2,1H3. The zero-order chi connectivity index (χ0) is 32.6. The van der Waals surface area contributed by atoms with Gasteiger partial charge in [-0.05, 0) is 0 Å². The van der Waals surface area contributed by atoms with Crippen LogP contribution in [0.25, 0.3) is 0 Å². The predicted octanol–water partition coefficient (Wildman–Crippen LogP) is 0.770. The van der Waals surface area contributed by atoms with Crippen LogP contribution >= 0.6 is 15.9 Å². The van der Waals surface area contributed by atoms with Crippen molar-refractivity contribution in [2.75, 3.05) is 184 Å². The van der Waals surface area contributed by atoms with Crippen LogP contribution in [-0.4, -0.2) is 190 Å². The SMILES string of the molecule is COC(=O)COCCOCCOCCOCCOCCOCCOCCOCCOCCOCCOCCOCCOCCBr. The van der Waals surface area contributed by atoms with Crippen molar-refractivity contribution in [3.8, 4) is 0 Å². The number of ether oxygens (including phenoxy) is 14. The molecule has 0 unspecified atom stereocenters. The lowest BCUT2D eigenvalue weighted by molar-refractivity contribution is -0.146. The number of methoxy groups -OCH3 is 1. The summed E-state index contributed by atoms with van der Waals surface area (Å²) in [6.07, 6.45) is 0. The summed E-state index contributed by atoms with van der Waals surface area (Å²) < 4.78 is 74.5. The molecular formula is C29H57BrO15. The summed E-state index contributed by atoms with van der Waals surface area (Å²) in [4.78, 5) is 10.9. The zero-order valence-electron chi connectivity index (χ0n) is 27.1. The van der Waals surface area contributed by atoms with E-state index >= 15 is 0 Å². The maximum atomic E-state index is 10.9. The summed E-state index contributed by atoms with van der Waals surface area (Å²) in [5.41, 5.74) is 0. The first-order valence-electron chi connectivity index (χ1n) is 15.4. The Bertz CT molecular complexity index is 566. The number of hydrogen-bond donors (Lipinski definition) is 0. The van der Waals surface area contributed by atoms with E-state index in [1.807, 2.05) is 0 Å². The van der Waals surface area contributed by atoms with Crippen molar-refractivity contribution in [3.05, 3.63) is 0 Å². The maximum absolute atomic E-state index is 10.9. The van der Waals surface area contributed by atoms with E-state index in [1.54, 1.807) is 0 Å². The van der Waals surface area contributed by atoms with Gasteiger partial charge in [-0.1, -0.05) is 15.9 Å². The molecule has 0 heterocycles. The monoisotopic (exact) mass is 724 g/mol. The second-order valence-corrected chi connectivity index (χ2v) is 9.46. The molecular weight excluding hydrogens is 668 g/mol. The molecule has 0 fully saturated rings. The first-order valence-corrected chi connectivity index (χ1v) is 16.6. The Labute approximate surface area is 277 Å². The van der Waals surface area contributed by atoms with E-state index in [-0.39, 0.29) is 6.61 Å². The number of carbonyl (C=O) groups is 1. The van der Waals surface area contributed by atoms with Crippen molar-refractivity contribution in [2.45, 2.75) is 0 Å². The fourth-order valence-corrected chi connectivity index (χ4v) is 3.14. The summed E-state index contributed by atoms with van der Waals surface area (Å²) in [6.45, 7) is 12.5. The van der Waals surface area contributed by atoms with Crippen LogP contribution in [0.15, 0.2) is 0 Å².